The predicted molar refractivity (Wildman–Crippen MR) is 57.3 cm³/mol. The number of ketones is 1. The molecule has 0 saturated heterocycles. The van der Waals surface area contributed by atoms with E-state index in [0.717, 1.165) is 0 Å². The number of carbonyl (C=O) groups excluding carboxylic acids is 1. The highest BCUT2D eigenvalue weighted by Crippen LogP contribution is 2.20. The Balaban J connectivity index is 2.41. The van der Waals surface area contributed by atoms with Crippen LogP contribution in [0.15, 0.2) is 36.5 Å². The van der Waals surface area contributed by atoms with E-state index in [2.05, 4.69) is 4.98 Å². The number of carbonyl (C=O) groups is 1. The van der Waals surface area contributed by atoms with Crippen LogP contribution in [0.25, 0.3) is 0 Å². The topological polar surface area (TPSA) is 53.1 Å². The van der Waals surface area contributed by atoms with E-state index in [-0.39, 0.29) is 17.1 Å². The average Bonchev–Trinajstić information content (AvgIpc) is 2.65. The van der Waals surface area contributed by atoms with Crippen LogP contribution < -0.4 is 0 Å². The van der Waals surface area contributed by atoms with Gasteiger partial charge in [0.25, 0.3) is 0 Å². The van der Waals surface area contributed by atoms with E-state index in [9.17, 15) is 9.90 Å². The van der Waals surface area contributed by atoms with Crippen molar-refractivity contribution < 1.29 is 9.90 Å². The molecule has 0 aliphatic heterocycles. The molecular weight excluding hydrogens is 214 g/mol. The van der Waals surface area contributed by atoms with Crippen molar-refractivity contribution in [3.63, 3.8) is 0 Å². The molecule has 1 heterocycles. The summed E-state index contributed by atoms with van der Waals surface area (Å²) in [6.45, 7) is 0. The first-order chi connectivity index (χ1) is 7.18. The van der Waals surface area contributed by atoms with E-state index in [1.54, 1.807) is 18.2 Å². The molecule has 4 heteroatoms. The van der Waals surface area contributed by atoms with Gasteiger partial charge in [0.1, 0.15) is 5.75 Å². The summed E-state index contributed by atoms with van der Waals surface area (Å²) < 4.78 is 0. The summed E-state index contributed by atoms with van der Waals surface area (Å²) in [7, 11) is 0. The molecule has 0 unspecified atom stereocenters. The molecule has 2 aromatic rings. The Bertz CT molecular complexity index is 505. The van der Waals surface area contributed by atoms with Crippen LogP contribution in [0.4, 0.5) is 0 Å². The van der Waals surface area contributed by atoms with Crippen molar-refractivity contribution in [3.8, 4) is 5.75 Å². The number of halogens is 1. The lowest BCUT2D eigenvalue weighted by Crippen LogP contribution is -2.01. The fourth-order valence-electron chi connectivity index (χ4n) is 1.31. The minimum absolute atomic E-state index is 0.0341. The van der Waals surface area contributed by atoms with Crippen LogP contribution in [-0.4, -0.2) is 15.9 Å². The van der Waals surface area contributed by atoms with Crippen molar-refractivity contribution >= 4 is 17.4 Å². The highest BCUT2D eigenvalue weighted by molar-refractivity contribution is 6.31. The van der Waals surface area contributed by atoms with Gasteiger partial charge in [0, 0.05) is 6.20 Å². The lowest BCUT2D eigenvalue weighted by atomic mass is 10.1. The maximum atomic E-state index is 11.8. The van der Waals surface area contributed by atoms with Gasteiger partial charge in [0.2, 0.25) is 5.78 Å². The second-order valence-corrected chi connectivity index (χ2v) is 3.51. The number of H-pyrrole nitrogens is 1. The molecule has 76 valence electrons. The lowest BCUT2D eigenvalue weighted by molar-refractivity contribution is 0.103. The van der Waals surface area contributed by atoms with Gasteiger partial charge in [-0.15, -0.1) is 0 Å². The average molecular weight is 222 g/mol. The minimum Gasteiger partial charge on any atom is -0.507 e. The summed E-state index contributed by atoms with van der Waals surface area (Å²) in [4.78, 5) is 14.6. The number of phenolic OH excluding ortho intramolecular Hbond substituents is 1. The molecule has 0 spiro atoms. The third-order valence-corrected chi connectivity index (χ3v) is 2.26. The molecule has 1 aromatic heterocycles. The lowest BCUT2D eigenvalue weighted by Gasteiger charge is -2.00. The van der Waals surface area contributed by atoms with Crippen LogP contribution in [-0.2, 0) is 0 Å². The Hall–Kier alpha value is -1.74. The highest BCUT2D eigenvalue weighted by Gasteiger charge is 2.14. The van der Waals surface area contributed by atoms with Crippen molar-refractivity contribution in [2.45, 2.75) is 0 Å². The van der Waals surface area contributed by atoms with Crippen molar-refractivity contribution in [2.24, 2.45) is 0 Å². The molecule has 1 aromatic carbocycles. The van der Waals surface area contributed by atoms with Crippen molar-refractivity contribution in [2.75, 3.05) is 0 Å². The smallest absolute Gasteiger partial charge is 0.212 e. The normalized spacial score (nSPS) is 10.2. The molecule has 0 amide bonds. The second-order valence-electron chi connectivity index (χ2n) is 3.08. The molecule has 3 nitrogen and oxygen atoms in total. The molecular formula is C11H8ClNO2. The second kappa shape index (κ2) is 3.79. The van der Waals surface area contributed by atoms with E-state index in [1.807, 2.05) is 0 Å². The van der Waals surface area contributed by atoms with Crippen molar-refractivity contribution in [1.82, 2.24) is 4.98 Å². The first kappa shape index (κ1) is 9.80. The Morgan fingerprint density at radius 1 is 1.33 bits per heavy atom. The fraction of sp³-hybridized carbons (Fsp3) is 0. The van der Waals surface area contributed by atoms with Crippen molar-refractivity contribution in [3.05, 3.63) is 52.8 Å². The van der Waals surface area contributed by atoms with Crippen LogP contribution in [0, 0.1) is 0 Å². The van der Waals surface area contributed by atoms with Crippen molar-refractivity contribution in [1.29, 1.82) is 0 Å². The van der Waals surface area contributed by atoms with E-state index >= 15 is 0 Å². The Morgan fingerprint density at radius 2 is 2.07 bits per heavy atom. The number of hydrogen-bond donors (Lipinski definition) is 2. The van der Waals surface area contributed by atoms with Gasteiger partial charge in [-0.05, 0) is 18.2 Å². The Labute approximate surface area is 91.3 Å². The highest BCUT2D eigenvalue weighted by atomic mass is 35.5. The molecule has 0 bridgehead atoms. The standard InChI is InChI=1S/C11H8ClNO2/c12-7-5-9(13-6-7)11(15)8-3-1-2-4-10(8)14/h1-6,13-14H. The van der Waals surface area contributed by atoms with Crippen LogP contribution in [0.2, 0.25) is 5.02 Å². The summed E-state index contributed by atoms with van der Waals surface area (Å²) >= 11 is 5.69. The van der Waals surface area contributed by atoms with Gasteiger partial charge in [-0.25, -0.2) is 0 Å². The van der Waals surface area contributed by atoms with Crippen LogP contribution in [0.1, 0.15) is 16.1 Å². The number of aromatic nitrogens is 1. The molecule has 15 heavy (non-hydrogen) atoms. The van der Waals surface area contributed by atoms with E-state index in [4.69, 9.17) is 11.6 Å². The minimum atomic E-state index is -0.278. The summed E-state index contributed by atoms with van der Waals surface area (Å²) in [5.41, 5.74) is 0.623. The predicted octanol–water partition coefficient (Wildman–Crippen LogP) is 2.60. The Kier molecular flexibility index (Phi) is 2.47. The maximum absolute atomic E-state index is 11.8. The molecule has 0 aliphatic rings. The van der Waals surface area contributed by atoms with Gasteiger partial charge < -0.3 is 10.1 Å². The molecule has 0 saturated carbocycles. The number of benzene rings is 1. The molecule has 2 rings (SSSR count). The number of nitrogens with one attached hydrogen (secondary N) is 1. The number of phenols is 1. The van der Waals surface area contributed by atoms with Gasteiger partial charge >= 0.3 is 0 Å². The van der Waals surface area contributed by atoms with E-state index < -0.39 is 0 Å². The van der Waals surface area contributed by atoms with Crippen LogP contribution in [0.5, 0.6) is 5.75 Å². The number of aromatic hydroxyl groups is 1. The number of rotatable bonds is 2. The largest absolute Gasteiger partial charge is 0.507 e. The number of aromatic amines is 1. The van der Waals surface area contributed by atoms with E-state index in [0.29, 0.717) is 10.7 Å². The summed E-state index contributed by atoms with van der Waals surface area (Å²) in [5.74, 6) is -0.312. The van der Waals surface area contributed by atoms with Gasteiger partial charge in [-0.3, -0.25) is 4.79 Å². The molecule has 0 radical (unpaired) electrons. The quantitative estimate of drug-likeness (QED) is 0.766. The summed E-state index contributed by atoms with van der Waals surface area (Å²) in [6, 6.07) is 7.91. The zero-order valence-corrected chi connectivity index (χ0v) is 8.45. The molecule has 0 fully saturated rings. The maximum Gasteiger partial charge on any atom is 0.212 e. The first-order valence-corrected chi connectivity index (χ1v) is 4.73. The molecule has 0 aliphatic carbocycles. The van der Waals surface area contributed by atoms with Crippen LogP contribution in [0.3, 0.4) is 0 Å². The summed E-state index contributed by atoms with van der Waals surface area (Å²) in [6.07, 6.45) is 1.52. The van der Waals surface area contributed by atoms with Gasteiger partial charge in [-0.1, -0.05) is 23.7 Å². The SMILES string of the molecule is O=C(c1cc(Cl)c[nH]1)c1ccccc1O. The first-order valence-electron chi connectivity index (χ1n) is 4.35. The molecule has 0 atom stereocenters. The fourth-order valence-corrected chi connectivity index (χ4v) is 1.47. The van der Waals surface area contributed by atoms with Crippen LogP contribution >= 0.6 is 11.6 Å². The monoisotopic (exact) mass is 221 g/mol. The summed E-state index contributed by atoms with van der Waals surface area (Å²) in [5, 5.41) is 9.95. The van der Waals surface area contributed by atoms with Gasteiger partial charge in [0.05, 0.1) is 16.3 Å². The van der Waals surface area contributed by atoms with Gasteiger partial charge in [0.15, 0.2) is 0 Å². The third kappa shape index (κ3) is 1.87. The zero-order chi connectivity index (χ0) is 10.8. The number of hydrogen-bond acceptors (Lipinski definition) is 2. The third-order valence-electron chi connectivity index (χ3n) is 2.04. The number of para-hydroxylation sites is 1. The zero-order valence-electron chi connectivity index (χ0n) is 7.70. The molecule has 2 N–H and O–H groups in total. The van der Waals surface area contributed by atoms with E-state index in [1.165, 1.54) is 18.3 Å². The Morgan fingerprint density at radius 3 is 2.67 bits per heavy atom. The van der Waals surface area contributed by atoms with Gasteiger partial charge in [-0.2, -0.15) is 0 Å².